The van der Waals surface area contributed by atoms with Crippen LogP contribution in [0.1, 0.15) is 54.9 Å². The van der Waals surface area contributed by atoms with Gasteiger partial charge in [0.1, 0.15) is 6.04 Å². The van der Waals surface area contributed by atoms with Gasteiger partial charge < -0.3 is 10.2 Å². The Morgan fingerprint density at radius 2 is 1.69 bits per heavy atom. The third-order valence-electron chi connectivity index (χ3n) is 5.91. The van der Waals surface area contributed by atoms with E-state index in [0.29, 0.717) is 12.3 Å². The van der Waals surface area contributed by atoms with E-state index in [1.54, 1.807) is 16.7 Å². The van der Waals surface area contributed by atoms with E-state index in [1.165, 1.54) is 16.7 Å². The molecule has 0 radical (unpaired) electrons. The first-order chi connectivity index (χ1) is 15.3. The summed E-state index contributed by atoms with van der Waals surface area (Å²) in [7, 11) is 0. The molecule has 1 N–H and O–H groups in total. The fraction of sp³-hybridized carbons (Fsp3) is 0.462. The number of thioether (sulfide) groups is 1. The minimum atomic E-state index is -0.506. The Morgan fingerprint density at radius 1 is 1.06 bits per heavy atom. The topological polar surface area (TPSA) is 49.4 Å². The molecule has 1 fully saturated rings. The molecule has 0 heterocycles. The standard InChI is InChI=1S/C26H33BrN2O2S/c1-18-12-19(2)14-22(13-18)16-32-17-25(30)29(15-21-8-10-23(27)11-9-21)20(3)26(31)28-24-6-4-5-7-24/h8-14,20,24H,4-7,15-17H2,1-3H3,(H,28,31)/t20-/m0/s1. The van der Waals surface area contributed by atoms with Gasteiger partial charge in [0.05, 0.1) is 5.75 Å². The Bertz CT molecular complexity index is 906. The Hall–Kier alpha value is -1.79. The maximum Gasteiger partial charge on any atom is 0.242 e. The molecule has 2 aromatic rings. The molecule has 2 amide bonds. The van der Waals surface area contributed by atoms with Crippen LogP contribution in [0.3, 0.4) is 0 Å². The van der Waals surface area contributed by atoms with Crippen molar-refractivity contribution in [1.82, 2.24) is 10.2 Å². The van der Waals surface area contributed by atoms with Gasteiger partial charge in [-0.25, -0.2) is 0 Å². The van der Waals surface area contributed by atoms with Gasteiger partial charge in [-0.15, -0.1) is 11.8 Å². The smallest absolute Gasteiger partial charge is 0.242 e. The van der Waals surface area contributed by atoms with Gasteiger partial charge >= 0.3 is 0 Å². The van der Waals surface area contributed by atoms with E-state index in [9.17, 15) is 9.59 Å². The van der Waals surface area contributed by atoms with Gasteiger partial charge in [-0.05, 0) is 56.9 Å². The molecule has 1 saturated carbocycles. The first kappa shape index (κ1) is 24.8. The number of rotatable bonds is 9. The van der Waals surface area contributed by atoms with E-state index in [4.69, 9.17) is 0 Å². The summed E-state index contributed by atoms with van der Waals surface area (Å²) in [4.78, 5) is 27.9. The van der Waals surface area contributed by atoms with Gasteiger partial charge in [0, 0.05) is 22.8 Å². The maximum absolute atomic E-state index is 13.2. The average molecular weight is 518 g/mol. The van der Waals surface area contributed by atoms with Crippen molar-refractivity contribution in [2.45, 2.75) is 70.8 Å². The molecule has 0 aromatic heterocycles. The van der Waals surface area contributed by atoms with E-state index < -0.39 is 6.04 Å². The molecule has 6 heteroatoms. The molecule has 0 unspecified atom stereocenters. The molecule has 172 valence electrons. The molecule has 4 nitrogen and oxygen atoms in total. The number of hydrogen-bond donors (Lipinski definition) is 1. The van der Waals surface area contributed by atoms with Crippen molar-refractivity contribution in [2.24, 2.45) is 0 Å². The van der Waals surface area contributed by atoms with E-state index >= 15 is 0 Å². The second-order valence-corrected chi connectivity index (χ2v) is 10.7. The second kappa shape index (κ2) is 11.9. The third-order valence-corrected chi connectivity index (χ3v) is 7.43. The summed E-state index contributed by atoms with van der Waals surface area (Å²) in [5.74, 6) is 1.08. The highest BCUT2D eigenvalue weighted by Gasteiger charge is 2.28. The van der Waals surface area contributed by atoms with E-state index in [1.807, 2.05) is 31.2 Å². The van der Waals surface area contributed by atoms with Crippen molar-refractivity contribution >= 4 is 39.5 Å². The predicted octanol–water partition coefficient (Wildman–Crippen LogP) is 5.78. The third kappa shape index (κ3) is 7.38. The van der Waals surface area contributed by atoms with Crippen LogP contribution >= 0.6 is 27.7 Å². The number of nitrogens with one attached hydrogen (secondary N) is 1. The number of nitrogens with zero attached hydrogens (tertiary/aromatic N) is 1. The summed E-state index contributed by atoms with van der Waals surface area (Å²) < 4.78 is 0.996. The van der Waals surface area contributed by atoms with Gasteiger partial charge in [0.15, 0.2) is 0 Å². The van der Waals surface area contributed by atoms with Crippen LogP contribution < -0.4 is 5.32 Å². The van der Waals surface area contributed by atoms with Gasteiger partial charge in [-0.3, -0.25) is 9.59 Å². The molecule has 0 bridgehead atoms. The van der Waals surface area contributed by atoms with Gasteiger partial charge in [-0.1, -0.05) is 70.2 Å². The summed E-state index contributed by atoms with van der Waals surface area (Å²) in [6.07, 6.45) is 4.39. The Balaban J connectivity index is 1.65. The molecule has 1 aliphatic carbocycles. The first-order valence-corrected chi connectivity index (χ1v) is 13.3. The van der Waals surface area contributed by atoms with Crippen molar-refractivity contribution in [3.8, 4) is 0 Å². The number of carbonyl (C=O) groups excluding carboxylic acids is 2. The summed E-state index contributed by atoms with van der Waals surface area (Å²) in [5.41, 5.74) is 4.72. The maximum atomic E-state index is 13.2. The lowest BCUT2D eigenvalue weighted by molar-refractivity contribution is -0.138. The van der Waals surface area contributed by atoms with Crippen molar-refractivity contribution < 1.29 is 9.59 Å². The fourth-order valence-electron chi connectivity index (χ4n) is 4.25. The number of halogens is 1. The second-order valence-electron chi connectivity index (χ2n) is 8.80. The minimum Gasteiger partial charge on any atom is -0.352 e. The molecule has 32 heavy (non-hydrogen) atoms. The zero-order valence-electron chi connectivity index (χ0n) is 19.2. The summed E-state index contributed by atoms with van der Waals surface area (Å²) >= 11 is 5.06. The van der Waals surface area contributed by atoms with Crippen LogP contribution in [0, 0.1) is 13.8 Å². The summed E-state index contributed by atoms with van der Waals surface area (Å²) in [6, 6.07) is 14.2. The highest BCUT2D eigenvalue weighted by molar-refractivity contribution is 9.10. The lowest BCUT2D eigenvalue weighted by Crippen LogP contribution is -2.50. The largest absolute Gasteiger partial charge is 0.352 e. The van der Waals surface area contributed by atoms with Crippen LogP contribution in [-0.2, 0) is 21.9 Å². The number of aryl methyl sites for hydroxylation is 2. The highest BCUT2D eigenvalue weighted by atomic mass is 79.9. The molecule has 1 atom stereocenters. The lowest BCUT2D eigenvalue weighted by atomic mass is 10.1. The number of amides is 2. The number of carbonyl (C=O) groups is 2. The monoisotopic (exact) mass is 516 g/mol. The average Bonchev–Trinajstić information content (AvgIpc) is 3.25. The first-order valence-electron chi connectivity index (χ1n) is 11.3. The Labute approximate surface area is 204 Å². The molecule has 1 aliphatic rings. The number of benzene rings is 2. The molecule has 0 aliphatic heterocycles. The molecular weight excluding hydrogens is 484 g/mol. The summed E-state index contributed by atoms with van der Waals surface area (Å²) in [5, 5.41) is 3.16. The Morgan fingerprint density at radius 3 is 2.31 bits per heavy atom. The normalized spacial score (nSPS) is 14.9. The van der Waals surface area contributed by atoms with Crippen LogP contribution in [0.25, 0.3) is 0 Å². The van der Waals surface area contributed by atoms with E-state index in [0.717, 1.165) is 41.5 Å². The van der Waals surface area contributed by atoms with Crippen LogP contribution in [-0.4, -0.2) is 34.6 Å². The van der Waals surface area contributed by atoms with Gasteiger partial charge in [-0.2, -0.15) is 0 Å². The van der Waals surface area contributed by atoms with Crippen LogP contribution in [0.2, 0.25) is 0 Å². The van der Waals surface area contributed by atoms with E-state index in [2.05, 4.69) is 53.3 Å². The quantitative estimate of drug-likeness (QED) is 0.459. The minimum absolute atomic E-state index is 0.00337. The van der Waals surface area contributed by atoms with Crippen molar-refractivity contribution in [1.29, 1.82) is 0 Å². The summed E-state index contributed by atoms with van der Waals surface area (Å²) in [6.45, 7) is 6.46. The molecule has 0 saturated heterocycles. The van der Waals surface area contributed by atoms with Crippen molar-refractivity contribution in [2.75, 3.05) is 5.75 Å². The molecule has 2 aromatic carbocycles. The van der Waals surface area contributed by atoms with Crippen LogP contribution in [0.5, 0.6) is 0 Å². The van der Waals surface area contributed by atoms with Crippen molar-refractivity contribution in [3.63, 3.8) is 0 Å². The highest BCUT2D eigenvalue weighted by Crippen LogP contribution is 2.21. The Kier molecular flexibility index (Phi) is 9.23. The number of hydrogen-bond acceptors (Lipinski definition) is 3. The lowest BCUT2D eigenvalue weighted by Gasteiger charge is -2.29. The van der Waals surface area contributed by atoms with Crippen molar-refractivity contribution in [3.05, 3.63) is 69.2 Å². The molecular formula is C26H33BrN2O2S. The zero-order chi connectivity index (χ0) is 23.1. The fourth-order valence-corrected chi connectivity index (χ4v) is 5.36. The van der Waals surface area contributed by atoms with Crippen LogP contribution in [0.4, 0.5) is 0 Å². The van der Waals surface area contributed by atoms with Gasteiger partial charge in [0.2, 0.25) is 11.8 Å². The van der Waals surface area contributed by atoms with Crippen LogP contribution in [0.15, 0.2) is 46.9 Å². The SMILES string of the molecule is Cc1cc(C)cc(CSCC(=O)N(Cc2ccc(Br)cc2)[C@@H](C)C(=O)NC2CCCC2)c1. The molecule has 3 rings (SSSR count). The molecule has 0 spiro atoms. The zero-order valence-corrected chi connectivity index (χ0v) is 21.6. The van der Waals surface area contributed by atoms with E-state index in [-0.39, 0.29) is 17.9 Å². The predicted molar refractivity (Wildman–Crippen MR) is 137 cm³/mol. The van der Waals surface area contributed by atoms with Gasteiger partial charge in [0.25, 0.3) is 0 Å².